The summed E-state index contributed by atoms with van der Waals surface area (Å²) >= 11 is 0. The zero-order valence-electron chi connectivity index (χ0n) is 13.4. The minimum atomic E-state index is 0.131. The zero-order chi connectivity index (χ0) is 16.2. The summed E-state index contributed by atoms with van der Waals surface area (Å²) in [5.41, 5.74) is 9.50. The quantitative estimate of drug-likeness (QED) is 0.940. The van der Waals surface area contributed by atoms with Crippen LogP contribution in [-0.4, -0.2) is 42.0 Å². The maximum Gasteiger partial charge on any atom is 0.228 e. The Morgan fingerprint density at radius 3 is 2.61 bits per heavy atom. The number of nitrogen functional groups attached to an aromatic ring is 1. The van der Waals surface area contributed by atoms with Crippen molar-refractivity contribution in [2.75, 3.05) is 36.8 Å². The number of pyridine rings is 1. The molecule has 1 aromatic heterocycles. The van der Waals surface area contributed by atoms with Crippen molar-refractivity contribution in [1.29, 1.82) is 0 Å². The average molecular weight is 310 g/mol. The van der Waals surface area contributed by atoms with E-state index in [0.29, 0.717) is 12.1 Å². The minimum Gasteiger partial charge on any atom is -0.397 e. The van der Waals surface area contributed by atoms with Crippen LogP contribution in [0.15, 0.2) is 42.6 Å². The van der Waals surface area contributed by atoms with Gasteiger partial charge in [0.25, 0.3) is 0 Å². The first-order valence-electron chi connectivity index (χ1n) is 7.91. The monoisotopic (exact) mass is 310 g/mol. The molecule has 1 saturated heterocycles. The molecule has 0 radical (unpaired) electrons. The van der Waals surface area contributed by atoms with Crippen LogP contribution >= 0.6 is 0 Å². The van der Waals surface area contributed by atoms with E-state index in [9.17, 15) is 4.79 Å². The van der Waals surface area contributed by atoms with E-state index in [0.717, 1.165) is 31.9 Å². The molecule has 120 valence electrons. The number of nitrogens with two attached hydrogens (primary N) is 1. The molecule has 2 N–H and O–H groups in total. The van der Waals surface area contributed by atoms with Crippen molar-refractivity contribution in [3.8, 4) is 0 Å². The van der Waals surface area contributed by atoms with Gasteiger partial charge in [0.2, 0.25) is 5.91 Å². The maximum absolute atomic E-state index is 12.4. The van der Waals surface area contributed by atoms with E-state index in [1.54, 1.807) is 12.3 Å². The molecular weight excluding hydrogens is 288 g/mol. The number of hydrogen-bond donors (Lipinski definition) is 1. The smallest absolute Gasteiger partial charge is 0.228 e. The number of hydrogen-bond acceptors (Lipinski definition) is 4. The van der Waals surface area contributed by atoms with Gasteiger partial charge >= 0.3 is 0 Å². The highest BCUT2D eigenvalue weighted by atomic mass is 16.2. The second-order valence-electron chi connectivity index (χ2n) is 5.97. The highest BCUT2D eigenvalue weighted by Gasteiger charge is 2.21. The first kappa shape index (κ1) is 15.3. The van der Waals surface area contributed by atoms with Gasteiger partial charge in [-0.1, -0.05) is 12.1 Å². The molecule has 0 aliphatic carbocycles. The lowest BCUT2D eigenvalue weighted by molar-refractivity contribution is -0.130. The molecule has 1 aromatic carbocycles. The van der Waals surface area contributed by atoms with Gasteiger partial charge < -0.3 is 15.5 Å². The van der Waals surface area contributed by atoms with E-state index in [1.165, 1.54) is 11.3 Å². The molecule has 23 heavy (non-hydrogen) atoms. The van der Waals surface area contributed by atoms with Crippen molar-refractivity contribution in [1.82, 2.24) is 9.88 Å². The first-order valence-corrected chi connectivity index (χ1v) is 7.91. The van der Waals surface area contributed by atoms with Crippen LogP contribution in [0, 0.1) is 6.92 Å². The molecule has 0 saturated carbocycles. The summed E-state index contributed by atoms with van der Waals surface area (Å²) in [6.45, 7) is 5.33. The van der Waals surface area contributed by atoms with Gasteiger partial charge in [0.1, 0.15) is 0 Å². The van der Waals surface area contributed by atoms with Crippen molar-refractivity contribution in [3.63, 3.8) is 0 Å². The molecule has 2 heterocycles. The van der Waals surface area contributed by atoms with E-state index in [2.05, 4.69) is 41.1 Å². The summed E-state index contributed by atoms with van der Waals surface area (Å²) in [7, 11) is 0. The Hall–Kier alpha value is -2.56. The van der Waals surface area contributed by atoms with Crippen molar-refractivity contribution < 1.29 is 4.79 Å². The third-order valence-corrected chi connectivity index (χ3v) is 4.18. The third-order valence-electron chi connectivity index (χ3n) is 4.18. The van der Waals surface area contributed by atoms with Crippen LogP contribution in [0.2, 0.25) is 0 Å². The molecule has 3 rings (SSSR count). The number of piperazine rings is 1. The van der Waals surface area contributed by atoms with E-state index in [-0.39, 0.29) is 5.91 Å². The molecule has 0 atom stereocenters. The molecule has 1 aliphatic rings. The lowest BCUT2D eigenvalue weighted by atomic mass is 10.2. The van der Waals surface area contributed by atoms with Crippen LogP contribution < -0.4 is 10.6 Å². The Morgan fingerprint density at radius 1 is 1.17 bits per heavy atom. The summed E-state index contributed by atoms with van der Waals surface area (Å²) in [5.74, 6) is 0.131. The Labute approximate surface area is 136 Å². The van der Waals surface area contributed by atoms with Crippen molar-refractivity contribution >= 4 is 17.3 Å². The summed E-state index contributed by atoms with van der Waals surface area (Å²) < 4.78 is 0. The Balaban J connectivity index is 1.56. The fourth-order valence-corrected chi connectivity index (χ4v) is 2.85. The summed E-state index contributed by atoms with van der Waals surface area (Å²) in [4.78, 5) is 20.8. The number of benzene rings is 1. The summed E-state index contributed by atoms with van der Waals surface area (Å²) in [6, 6.07) is 12.1. The molecule has 2 aromatic rings. The number of aromatic nitrogens is 1. The van der Waals surface area contributed by atoms with Crippen LogP contribution in [0.5, 0.6) is 0 Å². The summed E-state index contributed by atoms with van der Waals surface area (Å²) in [5, 5.41) is 0. The van der Waals surface area contributed by atoms with Gasteiger partial charge in [-0.15, -0.1) is 0 Å². The fourth-order valence-electron chi connectivity index (χ4n) is 2.85. The topological polar surface area (TPSA) is 62.5 Å². The number of anilines is 2. The molecular formula is C18H22N4O. The number of rotatable bonds is 3. The van der Waals surface area contributed by atoms with Crippen LogP contribution in [0.3, 0.4) is 0 Å². The first-order chi connectivity index (χ1) is 11.1. The predicted molar refractivity (Wildman–Crippen MR) is 92.3 cm³/mol. The van der Waals surface area contributed by atoms with Gasteiger partial charge in [-0.25, -0.2) is 0 Å². The van der Waals surface area contributed by atoms with Crippen LogP contribution in [-0.2, 0) is 11.2 Å². The molecule has 0 unspecified atom stereocenters. The lowest BCUT2D eigenvalue weighted by Gasteiger charge is -2.36. The standard InChI is InChI=1S/C18H22N4O/c1-14-3-2-4-17(11-14)21-7-9-22(10-8-21)18(23)12-16-6-5-15(19)13-20-16/h2-6,11,13H,7-10,12,19H2,1H3. The second kappa shape index (κ2) is 6.69. The van der Waals surface area contributed by atoms with Crippen molar-refractivity contribution in [2.24, 2.45) is 0 Å². The normalized spacial score (nSPS) is 14.8. The average Bonchev–Trinajstić information content (AvgIpc) is 2.57. The van der Waals surface area contributed by atoms with E-state index < -0.39 is 0 Å². The van der Waals surface area contributed by atoms with Gasteiger partial charge in [-0.3, -0.25) is 9.78 Å². The number of carbonyl (C=O) groups excluding carboxylic acids is 1. The van der Waals surface area contributed by atoms with Gasteiger partial charge in [-0.05, 0) is 36.8 Å². The molecule has 1 aliphatic heterocycles. The van der Waals surface area contributed by atoms with Crippen LogP contribution in [0.1, 0.15) is 11.3 Å². The van der Waals surface area contributed by atoms with E-state index >= 15 is 0 Å². The Bertz CT molecular complexity index is 676. The van der Waals surface area contributed by atoms with E-state index in [4.69, 9.17) is 5.73 Å². The van der Waals surface area contributed by atoms with Gasteiger partial charge in [0.15, 0.2) is 0 Å². The Morgan fingerprint density at radius 2 is 1.96 bits per heavy atom. The van der Waals surface area contributed by atoms with Crippen LogP contribution in [0.4, 0.5) is 11.4 Å². The number of nitrogens with zero attached hydrogens (tertiary/aromatic N) is 3. The second-order valence-corrected chi connectivity index (χ2v) is 5.97. The fraction of sp³-hybridized carbons (Fsp3) is 0.333. The van der Waals surface area contributed by atoms with Crippen molar-refractivity contribution in [3.05, 3.63) is 53.9 Å². The van der Waals surface area contributed by atoms with Crippen molar-refractivity contribution in [2.45, 2.75) is 13.3 Å². The van der Waals surface area contributed by atoms with Gasteiger partial charge in [0.05, 0.1) is 18.3 Å². The number of amides is 1. The number of carbonyl (C=O) groups is 1. The third kappa shape index (κ3) is 3.80. The lowest BCUT2D eigenvalue weighted by Crippen LogP contribution is -2.49. The summed E-state index contributed by atoms with van der Waals surface area (Å²) in [6.07, 6.45) is 1.93. The largest absolute Gasteiger partial charge is 0.397 e. The van der Waals surface area contributed by atoms with Crippen LogP contribution in [0.25, 0.3) is 0 Å². The molecule has 5 nitrogen and oxygen atoms in total. The SMILES string of the molecule is Cc1cccc(N2CCN(C(=O)Cc3ccc(N)cn3)CC2)c1. The predicted octanol–water partition coefficient (Wildman–Crippen LogP) is 1.86. The molecule has 0 bridgehead atoms. The number of aryl methyl sites for hydroxylation is 1. The highest BCUT2D eigenvalue weighted by molar-refractivity contribution is 5.78. The maximum atomic E-state index is 12.4. The van der Waals surface area contributed by atoms with E-state index in [1.807, 2.05) is 11.0 Å². The van der Waals surface area contributed by atoms with Gasteiger partial charge in [0, 0.05) is 37.6 Å². The Kier molecular flexibility index (Phi) is 4.46. The highest BCUT2D eigenvalue weighted by Crippen LogP contribution is 2.18. The van der Waals surface area contributed by atoms with Gasteiger partial charge in [-0.2, -0.15) is 0 Å². The minimum absolute atomic E-state index is 0.131. The zero-order valence-corrected chi connectivity index (χ0v) is 13.4. The molecule has 1 amide bonds. The molecule has 1 fully saturated rings. The molecule has 5 heteroatoms. The molecule has 0 spiro atoms.